The van der Waals surface area contributed by atoms with E-state index in [1.807, 2.05) is 42.5 Å². The fourth-order valence-corrected chi connectivity index (χ4v) is 3.56. The van der Waals surface area contributed by atoms with Gasteiger partial charge in [0, 0.05) is 10.8 Å². The highest BCUT2D eigenvalue weighted by molar-refractivity contribution is 5.80. The van der Waals surface area contributed by atoms with Crippen molar-refractivity contribution in [3.05, 3.63) is 162 Å². The summed E-state index contributed by atoms with van der Waals surface area (Å²) >= 11 is 0. The van der Waals surface area contributed by atoms with Crippen LogP contribution in [0.3, 0.4) is 0 Å². The topological polar surface area (TPSA) is 45.8 Å². The molecule has 0 aliphatic carbocycles. The summed E-state index contributed by atoms with van der Waals surface area (Å²) < 4.78 is 0. The van der Waals surface area contributed by atoms with Crippen LogP contribution < -0.4 is 5.56 Å². The molecule has 0 aliphatic rings. The highest BCUT2D eigenvalue weighted by Crippen LogP contribution is 2.18. The van der Waals surface area contributed by atoms with Crippen molar-refractivity contribution in [2.45, 2.75) is 0 Å². The zero-order valence-electron chi connectivity index (χ0n) is 19.3. The van der Waals surface area contributed by atoms with Gasteiger partial charge in [0.25, 0.3) is 5.56 Å². The molecule has 0 spiro atoms. The van der Waals surface area contributed by atoms with E-state index in [9.17, 15) is 4.79 Å². The molecule has 6 aromatic rings. The zero-order chi connectivity index (χ0) is 24.1. The maximum absolute atomic E-state index is 11.1. The van der Waals surface area contributed by atoms with Gasteiger partial charge in [0.2, 0.25) is 0 Å². The van der Waals surface area contributed by atoms with Gasteiger partial charge in [0.1, 0.15) is 0 Å². The first-order valence-corrected chi connectivity index (χ1v) is 11.4. The number of aromatic nitrogens is 2. The molecule has 1 heterocycles. The second-order valence-electron chi connectivity index (χ2n) is 7.75. The van der Waals surface area contributed by atoms with Gasteiger partial charge < -0.3 is 0 Å². The smallest absolute Gasteiger partial charge is 0.267 e. The predicted octanol–water partition coefficient (Wildman–Crippen LogP) is 7.63. The molecule has 0 atom stereocenters. The molecule has 0 saturated heterocycles. The Balaban J connectivity index is 0.000000124. The zero-order valence-corrected chi connectivity index (χ0v) is 19.3. The van der Waals surface area contributed by atoms with Crippen LogP contribution in [0.2, 0.25) is 0 Å². The van der Waals surface area contributed by atoms with Crippen LogP contribution in [0, 0.1) is 0 Å². The Morgan fingerprint density at radius 2 is 0.771 bits per heavy atom. The van der Waals surface area contributed by atoms with E-state index in [0.717, 1.165) is 5.39 Å². The van der Waals surface area contributed by atoms with Crippen LogP contribution in [0.4, 0.5) is 0 Å². The van der Waals surface area contributed by atoms with Crippen LogP contribution in [0.1, 0.15) is 0 Å². The van der Waals surface area contributed by atoms with Crippen molar-refractivity contribution in [1.29, 1.82) is 0 Å². The standard InChI is InChI=1S/2C12H10.C8H6N2O/c2*1-3-7-11(8-4-1)12-9-5-2-6-10-12;11-8-7-4-2-1-3-6(7)5-9-10-8/h2*1-10H;1-5H,(H,10,11). The summed E-state index contributed by atoms with van der Waals surface area (Å²) in [5.41, 5.74) is 4.97. The maximum atomic E-state index is 11.1. The van der Waals surface area contributed by atoms with E-state index in [1.54, 1.807) is 12.3 Å². The van der Waals surface area contributed by atoms with Crippen molar-refractivity contribution in [1.82, 2.24) is 10.2 Å². The Morgan fingerprint density at radius 3 is 1.14 bits per heavy atom. The van der Waals surface area contributed by atoms with E-state index in [4.69, 9.17) is 0 Å². The Hall–Kier alpha value is -4.76. The van der Waals surface area contributed by atoms with Gasteiger partial charge in [-0.15, -0.1) is 0 Å². The van der Waals surface area contributed by atoms with Crippen molar-refractivity contribution in [3.8, 4) is 22.3 Å². The average molecular weight is 455 g/mol. The van der Waals surface area contributed by atoms with E-state index in [1.165, 1.54) is 22.3 Å². The lowest BCUT2D eigenvalue weighted by Crippen LogP contribution is -2.06. The molecule has 0 radical (unpaired) electrons. The van der Waals surface area contributed by atoms with Gasteiger partial charge in [-0.1, -0.05) is 140 Å². The van der Waals surface area contributed by atoms with Crippen molar-refractivity contribution in [3.63, 3.8) is 0 Å². The predicted molar refractivity (Wildman–Crippen MR) is 146 cm³/mol. The van der Waals surface area contributed by atoms with Crippen molar-refractivity contribution in [2.75, 3.05) is 0 Å². The summed E-state index contributed by atoms with van der Waals surface area (Å²) in [6.45, 7) is 0. The molecule has 1 N–H and O–H groups in total. The van der Waals surface area contributed by atoms with Gasteiger partial charge in [0.05, 0.1) is 6.20 Å². The molecule has 0 fully saturated rings. The molecule has 35 heavy (non-hydrogen) atoms. The van der Waals surface area contributed by atoms with Gasteiger partial charge in [-0.3, -0.25) is 4.79 Å². The quantitative estimate of drug-likeness (QED) is 0.292. The van der Waals surface area contributed by atoms with Crippen molar-refractivity contribution < 1.29 is 0 Å². The fraction of sp³-hybridized carbons (Fsp3) is 0. The van der Waals surface area contributed by atoms with Crippen LogP contribution >= 0.6 is 0 Å². The Morgan fingerprint density at radius 1 is 0.429 bits per heavy atom. The molecule has 0 amide bonds. The van der Waals surface area contributed by atoms with Gasteiger partial charge >= 0.3 is 0 Å². The summed E-state index contributed by atoms with van der Waals surface area (Å²) in [7, 11) is 0. The summed E-state index contributed by atoms with van der Waals surface area (Å²) in [5, 5.41) is 7.60. The first-order valence-electron chi connectivity index (χ1n) is 11.4. The molecular weight excluding hydrogens is 428 g/mol. The van der Waals surface area contributed by atoms with E-state index >= 15 is 0 Å². The number of nitrogens with one attached hydrogen (secondary N) is 1. The molecule has 5 aromatic carbocycles. The maximum Gasteiger partial charge on any atom is 0.272 e. The van der Waals surface area contributed by atoms with Crippen LogP contribution in [0.5, 0.6) is 0 Å². The molecular formula is C32H26N2O. The molecule has 0 saturated carbocycles. The van der Waals surface area contributed by atoms with Crippen LogP contribution in [0.25, 0.3) is 33.0 Å². The lowest BCUT2D eigenvalue weighted by molar-refractivity contribution is 1.01. The first-order chi connectivity index (χ1) is 17.3. The van der Waals surface area contributed by atoms with Gasteiger partial charge in [-0.05, 0) is 28.3 Å². The molecule has 3 heteroatoms. The first kappa shape index (κ1) is 23.4. The number of hydrogen-bond acceptors (Lipinski definition) is 2. The largest absolute Gasteiger partial charge is 0.272 e. The molecule has 0 unspecified atom stereocenters. The average Bonchev–Trinajstić information content (AvgIpc) is 2.96. The van der Waals surface area contributed by atoms with E-state index in [-0.39, 0.29) is 5.56 Å². The third-order valence-corrected chi connectivity index (χ3v) is 5.34. The monoisotopic (exact) mass is 454 g/mol. The molecule has 0 bridgehead atoms. The molecule has 6 rings (SSSR count). The highest BCUT2D eigenvalue weighted by Gasteiger charge is 1.94. The van der Waals surface area contributed by atoms with Crippen LogP contribution in [0.15, 0.2) is 157 Å². The number of H-pyrrole nitrogens is 1. The minimum absolute atomic E-state index is 0.136. The van der Waals surface area contributed by atoms with E-state index in [0.29, 0.717) is 5.39 Å². The molecule has 0 aliphatic heterocycles. The van der Waals surface area contributed by atoms with Crippen molar-refractivity contribution in [2.24, 2.45) is 0 Å². The number of rotatable bonds is 2. The van der Waals surface area contributed by atoms with Gasteiger partial charge in [0.15, 0.2) is 0 Å². The minimum Gasteiger partial charge on any atom is -0.267 e. The third-order valence-electron chi connectivity index (χ3n) is 5.34. The lowest BCUT2D eigenvalue weighted by Gasteiger charge is -1.98. The Labute approximate surface area is 205 Å². The second-order valence-corrected chi connectivity index (χ2v) is 7.75. The number of benzene rings is 5. The van der Waals surface area contributed by atoms with Gasteiger partial charge in [-0.2, -0.15) is 5.10 Å². The fourth-order valence-electron chi connectivity index (χ4n) is 3.56. The second kappa shape index (κ2) is 12.5. The molecule has 1 aromatic heterocycles. The number of hydrogen-bond donors (Lipinski definition) is 1. The van der Waals surface area contributed by atoms with E-state index < -0.39 is 0 Å². The number of aromatic amines is 1. The molecule has 3 nitrogen and oxygen atoms in total. The van der Waals surface area contributed by atoms with Crippen molar-refractivity contribution >= 4 is 10.8 Å². The molecule has 170 valence electrons. The summed E-state index contributed by atoms with van der Waals surface area (Å²) in [4.78, 5) is 11.1. The van der Waals surface area contributed by atoms with Crippen LogP contribution in [-0.2, 0) is 0 Å². The summed E-state index contributed by atoms with van der Waals surface area (Å²) in [6.07, 6.45) is 1.64. The SMILES string of the molecule is O=c1[nH]ncc2ccccc12.c1ccc(-c2ccccc2)cc1.c1ccc(-c2ccccc2)cc1. The number of fused-ring (bicyclic) bond motifs is 1. The van der Waals surface area contributed by atoms with Gasteiger partial charge in [-0.25, -0.2) is 5.10 Å². The minimum atomic E-state index is -0.136. The van der Waals surface area contributed by atoms with Crippen LogP contribution in [-0.4, -0.2) is 10.2 Å². The summed E-state index contributed by atoms with van der Waals surface area (Å²) in [6, 6.07) is 48.9. The third kappa shape index (κ3) is 6.86. The highest BCUT2D eigenvalue weighted by atomic mass is 16.1. The summed E-state index contributed by atoms with van der Waals surface area (Å²) in [5.74, 6) is 0. The van der Waals surface area contributed by atoms with E-state index in [2.05, 4.69) is 107 Å². The lowest BCUT2D eigenvalue weighted by atomic mass is 10.1. The Kier molecular flexibility index (Phi) is 8.34. The normalized spacial score (nSPS) is 9.83. The Bertz CT molecular complexity index is 1330. The number of nitrogens with zero attached hydrogens (tertiary/aromatic N) is 1.